The molecule has 3 heteroatoms. The van der Waals surface area contributed by atoms with Crippen LogP contribution in [0.15, 0.2) is 78.9 Å². The minimum Gasteiger partial charge on any atom is -0.496 e. The van der Waals surface area contributed by atoms with Gasteiger partial charge >= 0.3 is 0 Å². The smallest absolute Gasteiger partial charge is 0.258 e. The topological polar surface area (TPSA) is 29.5 Å². The second-order valence-corrected chi connectivity index (χ2v) is 5.90. The van der Waals surface area contributed by atoms with E-state index in [0.717, 1.165) is 22.6 Å². The highest BCUT2D eigenvalue weighted by Crippen LogP contribution is 2.27. The zero-order valence-corrected chi connectivity index (χ0v) is 14.5. The maximum atomic E-state index is 13.1. The fraction of sp³-hybridized carbons (Fsp3) is 0.136. The molecule has 0 saturated heterocycles. The number of rotatable bonds is 5. The summed E-state index contributed by atoms with van der Waals surface area (Å²) in [6.45, 7) is 2.49. The minimum absolute atomic E-state index is 0.0321. The van der Waals surface area contributed by atoms with Crippen LogP contribution in [0.5, 0.6) is 5.75 Å². The highest BCUT2D eigenvalue weighted by atomic mass is 16.5. The standard InChI is InChI=1S/C22H21NO2/c1-17-13-14-20(15-21(17)25-2)23(16-18-9-5-3-6-10-18)22(24)19-11-7-4-8-12-19/h3-15H,16H2,1-2H3. The van der Waals surface area contributed by atoms with Gasteiger partial charge in [-0.1, -0.05) is 54.6 Å². The summed E-state index contributed by atoms with van der Waals surface area (Å²) in [5, 5.41) is 0. The molecule has 0 unspecified atom stereocenters. The highest BCUT2D eigenvalue weighted by molar-refractivity contribution is 6.06. The molecule has 0 bridgehead atoms. The van der Waals surface area contributed by atoms with Gasteiger partial charge in [0.05, 0.1) is 13.7 Å². The molecule has 0 aromatic heterocycles. The number of aryl methyl sites for hydroxylation is 1. The number of hydrogen-bond acceptors (Lipinski definition) is 2. The van der Waals surface area contributed by atoms with Gasteiger partial charge in [-0.3, -0.25) is 4.79 Å². The van der Waals surface area contributed by atoms with Crippen molar-refractivity contribution < 1.29 is 9.53 Å². The molecule has 0 aliphatic carbocycles. The maximum absolute atomic E-state index is 13.1. The van der Waals surface area contributed by atoms with Gasteiger partial charge in [-0.2, -0.15) is 0 Å². The molecule has 1 amide bonds. The van der Waals surface area contributed by atoms with Gasteiger partial charge in [0.25, 0.3) is 5.91 Å². The van der Waals surface area contributed by atoms with E-state index >= 15 is 0 Å². The Morgan fingerprint density at radius 3 is 2.20 bits per heavy atom. The molecule has 0 atom stereocenters. The van der Waals surface area contributed by atoms with Crippen LogP contribution in [-0.4, -0.2) is 13.0 Å². The van der Waals surface area contributed by atoms with Crippen molar-refractivity contribution in [2.75, 3.05) is 12.0 Å². The molecule has 3 nitrogen and oxygen atoms in total. The average molecular weight is 331 g/mol. The number of methoxy groups -OCH3 is 1. The van der Waals surface area contributed by atoms with Crippen molar-refractivity contribution in [3.63, 3.8) is 0 Å². The van der Waals surface area contributed by atoms with E-state index in [9.17, 15) is 4.79 Å². The molecular weight excluding hydrogens is 310 g/mol. The Balaban J connectivity index is 2.01. The predicted molar refractivity (Wildman–Crippen MR) is 101 cm³/mol. The number of amides is 1. The molecule has 3 rings (SSSR count). The molecule has 25 heavy (non-hydrogen) atoms. The average Bonchev–Trinajstić information content (AvgIpc) is 2.67. The first-order valence-electron chi connectivity index (χ1n) is 8.24. The molecule has 0 aliphatic heterocycles. The summed E-state index contributed by atoms with van der Waals surface area (Å²) in [6.07, 6.45) is 0. The van der Waals surface area contributed by atoms with Crippen molar-refractivity contribution in [1.82, 2.24) is 0 Å². The number of ether oxygens (including phenoxy) is 1. The van der Waals surface area contributed by atoms with E-state index < -0.39 is 0 Å². The van der Waals surface area contributed by atoms with Gasteiger partial charge in [0.15, 0.2) is 0 Å². The summed E-state index contributed by atoms with van der Waals surface area (Å²) in [4.78, 5) is 14.9. The number of benzene rings is 3. The zero-order valence-electron chi connectivity index (χ0n) is 14.5. The van der Waals surface area contributed by atoms with Gasteiger partial charge in [-0.25, -0.2) is 0 Å². The van der Waals surface area contributed by atoms with Gasteiger partial charge in [0.2, 0.25) is 0 Å². The number of hydrogen-bond donors (Lipinski definition) is 0. The molecule has 0 spiro atoms. The fourth-order valence-electron chi connectivity index (χ4n) is 2.76. The third-order valence-electron chi connectivity index (χ3n) is 4.15. The Morgan fingerprint density at radius 1 is 0.920 bits per heavy atom. The van der Waals surface area contributed by atoms with E-state index in [1.165, 1.54) is 0 Å². The maximum Gasteiger partial charge on any atom is 0.258 e. The van der Waals surface area contributed by atoms with Crippen molar-refractivity contribution in [3.8, 4) is 5.75 Å². The van der Waals surface area contributed by atoms with E-state index in [4.69, 9.17) is 4.74 Å². The molecule has 0 heterocycles. The summed E-state index contributed by atoms with van der Waals surface area (Å²) in [7, 11) is 1.65. The van der Waals surface area contributed by atoms with Crippen LogP contribution in [0.1, 0.15) is 21.5 Å². The number of carbonyl (C=O) groups is 1. The van der Waals surface area contributed by atoms with Gasteiger partial charge in [-0.15, -0.1) is 0 Å². The first-order valence-corrected chi connectivity index (χ1v) is 8.24. The molecule has 0 N–H and O–H groups in total. The SMILES string of the molecule is COc1cc(N(Cc2ccccc2)C(=O)c2ccccc2)ccc1C. The highest BCUT2D eigenvalue weighted by Gasteiger charge is 2.19. The number of anilines is 1. The quantitative estimate of drug-likeness (QED) is 0.669. The lowest BCUT2D eigenvalue weighted by atomic mass is 10.1. The third-order valence-corrected chi connectivity index (χ3v) is 4.15. The number of carbonyl (C=O) groups excluding carboxylic acids is 1. The summed E-state index contributed by atoms with van der Waals surface area (Å²) in [5.74, 6) is 0.742. The molecule has 0 saturated carbocycles. The van der Waals surface area contributed by atoms with E-state index in [1.807, 2.05) is 85.8 Å². The van der Waals surface area contributed by atoms with Gasteiger partial charge in [0, 0.05) is 17.3 Å². The number of nitrogens with zero attached hydrogens (tertiary/aromatic N) is 1. The van der Waals surface area contributed by atoms with Gasteiger partial charge < -0.3 is 9.64 Å². The van der Waals surface area contributed by atoms with Gasteiger partial charge in [0.1, 0.15) is 5.75 Å². The summed E-state index contributed by atoms with van der Waals surface area (Å²) in [5.41, 5.74) is 3.60. The molecule has 126 valence electrons. The van der Waals surface area contributed by atoms with Gasteiger partial charge in [-0.05, 0) is 36.2 Å². The third kappa shape index (κ3) is 3.89. The first kappa shape index (κ1) is 16.8. The molecule has 0 aliphatic rings. The fourth-order valence-corrected chi connectivity index (χ4v) is 2.76. The Morgan fingerprint density at radius 2 is 1.56 bits per heavy atom. The van der Waals surface area contributed by atoms with Crippen LogP contribution in [-0.2, 0) is 6.54 Å². The van der Waals surface area contributed by atoms with Crippen molar-refractivity contribution >= 4 is 11.6 Å². The van der Waals surface area contributed by atoms with Crippen LogP contribution < -0.4 is 9.64 Å². The second kappa shape index (κ2) is 7.67. The molecule has 0 radical (unpaired) electrons. The summed E-state index contributed by atoms with van der Waals surface area (Å²) in [6, 6.07) is 25.2. The molecule has 3 aromatic carbocycles. The lowest BCUT2D eigenvalue weighted by Gasteiger charge is -2.24. The van der Waals surface area contributed by atoms with Crippen LogP contribution in [0.4, 0.5) is 5.69 Å². The van der Waals surface area contributed by atoms with E-state index in [-0.39, 0.29) is 5.91 Å². The first-order chi connectivity index (χ1) is 12.2. The van der Waals surface area contributed by atoms with E-state index in [2.05, 4.69) is 0 Å². The minimum atomic E-state index is -0.0321. The Labute approximate surface area is 148 Å². The van der Waals surface area contributed by atoms with Crippen molar-refractivity contribution in [3.05, 3.63) is 95.6 Å². The van der Waals surface area contributed by atoms with E-state index in [1.54, 1.807) is 12.0 Å². The van der Waals surface area contributed by atoms with Crippen molar-refractivity contribution in [2.24, 2.45) is 0 Å². The second-order valence-electron chi connectivity index (χ2n) is 5.90. The monoisotopic (exact) mass is 331 g/mol. The summed E-state index contributed by atoms with van der Waals surface area (Å²) >= 11 is 0. The van der Waals surface area contributed by atoms with Crippen LogP contribution in [0.2, 0.25) is 0 Å². The molecule has 0 fully saturated rings. The lowest BCUT2D eigenvalue weighted by Crippen LogP contribution is -2.30. The lowest BCUT2D eigenvalue weighted by molar-refractivity contribution is 0.0985. The Bertz CT molecular complexity index is 844. The molecule has 3 aromatic rings. The molecular formula is C22H21NO2. The van der Waals surface area contributed by atoms with Crippen LogP contribution >= 0.6 is 0 Å². The van der Waals surface area contributed by atoms with Crippen molar-refractivity contribution in [2.45, 2.75) is 13.5 Å². The van der Waals surface area contributed by atoms with E-state index in [0.29, 0.717) is 12.1 Å². The zero-order chi connectivity index (χ0) is 17.6. The van der Waals surface area contributed by atoms with Crippen molar-refractivity contribution in [1.29, 1.82) is 0 Å². The Kier molecular flexibility index (Phi) is 5.14. The summed E-state index contributed by atoms with van der Waals surface area (Å²) < 4.78 is 5.43. The van der Waals surface area contributed by atoms with Crippen LogP contribution in [0.3, 0.4) is 0 Å². The normalized spacial score (nSPS) is 10.3. The van der Waals surface area contributed by atoms with Crippen LogP contribution in [0.25, 0.3) is 0 Å². The van der Waals surface area contributed by atoms with Crippen LogP contribution in [0, 0.1) is 6.92 Å². The largest absolute Gasteiger partial charge is 0.496 e. The predicted octanol–water partition coefficient (Wildman–Crippen LogP) is 4.85. The Hall–Kier alpha value is -3.07.